The Hall–Kier alpha value is -2.20. The Bertz CT molecular complexity index is 716. The summed E-state index contributed by atoms with van der Waals surface area (Å²) in [5.41, 5.74) is 4.15. The third-order valence-corrected chi connectivity index (χ3v) is 3.34. The molecule has 4 heteroatoms. The molecule has 0 aliphatic rings. The fraction of sp³-hybridized carbons (Fsp3) is 0.250. The van der Waals surface area contributed by atoms with E-state index in [1.54, 1.807) is 0 Å². The van der Waals surface area contributed by atoms with Crippen LogP contribution in [-0.4, -0.2) is 21.3 Å². The van der Waals surface area contributed by atoms with Crippen LogP contribution < -0.4 is 5.32 Å². The molecule has 0 spiro atoms. The van der Waals surface area contributed by atoms with Gasteiger partial charge in [0.2, 0.25) is 0 Å². The SMILES string of the molecule is CCNCc1cnc2c(c1)c(C)nn2-c1ccccc1. The van der Waals surface area contributed by atoms with Gasteiger partial charge in [-0.2, -0.15) is 5.10 Å². The maximum atomic E-state index is 4.62. The minimum Gasteiger partial charge on any atom is -0.313 e. The maximum Gasteiger partial charge on any atom is 0.163 e. The van der Waals surface area contributed by atoms with Gasteiger partial charge in [-0.25, -0.2) is 9.67 Å². The second-order valence-electron chi connectivity index (χ2n) is 4.83. The molecule has 0 unspecified atom stereocenters. The molecule has 0 saturated carbocycles. The molecule has 0 radical (unpaired) electrons. The standard InChI is InChI=1S/C16H18N4/c1-3-17-10-13-9-15-12(2)19-20(16(15)18-11-13)14-7-5-4-6-8-14/h4-9,11,17H,3,10H2,1-2H3. The lowest BCUT2D eigenvalue weighted by Crippen LogP contribution is -2.11. The Morgan fingerprint density at radius 3 is 2.75 bits per heavy atom. The molecule has 0 aliphatic heterocycles. The van der Waals surface area contributed by atoms with Gasteiger partial charge < -0.3 is 5.32 Å². The molecule has 102 valence electrons. The van der Waals surface area contributed by atoms with Gasteiger partial charge in [0.25, 0.3) is 0 Å². The van der Waals surface area contributed by atoms with Crippen molar-refractivity contribution in [1.29, 1.82) is 0 Å². The van der Waals surface area contributed by atoms with E-state index in [2.05, 4.69) is 28.4 Å². The summed E-state index contributed by atoms with van der Waals surface area (Å²) in [4.78, 5) is 4.59. The predicted octanol–water partition coefficient (Wildman–Crippen LogP) is 2.84. The van der Waals surface area contributed by atoms with E-state index < -0.39 is 0 Å². The average molecular weight is 266 g/mol. The lowest BCUT2D eigenvalue weighted by atomic mass is 10.2. The molecule has 1 N–H and O–H groups in total. The lowest BCUT2D eigenvalue weighted by Gasteiger charge is -2.04. The van der Waals surface area contributed by atoms with Gasteiger partial charge in [-0.05, 0) is 37.2 Å². The largest absolute Gasteiger partial charge is 0.313 e. The number of hydrogen-bond donors (Lipinski definition) is 1. The number of benzene rings is 1. The zero-order valence-corrected chi connectivity index (χ0v) is 11.8. The van der Waals surface area contributed by atoms with Gasteiger partial charge in [0, 0.05) is 18.1 Å². The smallest absolute Gasteiger partial charge is 0.163 e. The van der Waals surface area contributed by atoms with Crippen LogP contribution in [0.3, 0.4) is 0 Å². The molecule has 4 nitrogen and oxygen atoms in total. The molecule has 2 aromatic heterocycles. The third kappa shape index (κ3) is 2.30. The van der Waals surface area contributed by atoms with Crippen LogP contribution in [0, 0.1) is 6.92 Å². The molecular weight excluding hydrogens is 248 g/mol. The topological polar surface area (TPSA) is 42.7 Å². The van der Waals surface area contributed by atoms with Crippen molar-refractivity contribution in [2.45, 2.75) is 20.4 Å². The summed E-state index contributed by atoms with van der Waals surface area (Å²) in [5.74, 6) is 0. The van der Waals surface area contributed by atoms with Gasteiger partial charge in [-0.15, -0.1) is 0 Å². The Morgan fingerprint density at radius 1 is 1.20 bits per heavy atom. The number of nitrogens with one attached hydrogen (secondary N) is 1. The molecule has 0 saturated heterocycles. The Morgan fingerprint density at radius 2 is 2.00 bits per heavy atom. The zero-order valence-electron chi connectivity index (χ0n) is 11.8. The highest BCUT2D eigenvalue weighted by Crippen LogP contribution is 2.20. The Labute approximate surface area is 118 Å². The van der Waals surface area contributed by atoms with Gasteiger partial charge >= 0.3 is 0 Å². The van der Waals surface area contributed by atoms with Crippen LogP contribution in [0.2, 0.25) is 0 Å². The van der Waals surface area contributed by atoms with Crippen LogP contribution in [0.15, 0.2) is 42.6 Å². The molecule has 0 aliphatic carbocycles. The zero-order chi connectivity index (χ0) is 13.9. The van der Waals surface area contributed by atoms with E-state index >= 15 is 0 Å². The number of fused-ring (bicyclic) bond motifs is 1. The fourth-order valence-corrected chi connectivity index (χ4v) is 2.30. The first-order valence-electron chi connectivity index (χ1n) is 6.90. The highest BCUT2D eigenvalue weighted by atomic mass is 15.3. The van der Waals surface area contributed by atoms with Crippen LogP contribution in [0.25, 0.3) is 16.7 Å². The summed E-state index contributed by atoms with van der Waals surface area (Å²) < 4.78 is 1.90. The summed E-state index contributed by atoms with van der Waals surface area (Å²) in [6, 6.07) is 12.3. The summed E-state index contributed by atoms with van der Waals surface area (Å²) in [6.07, 6.45) is 1.92. The molecule has 0 amide bonds. The molecule has 20 heavy (non-hydrogen) atoms. The maximum absolute atomic E-state index is 4.62. The number of pyridine rings is 1. The number of hydrogen-bond acceptors (Lipinski definition) is 3. The van der Waals surface area contributed by atoms with E-state index in [4.69, 9.17) is 0 Å². The van der Waals surface area contributed by atoms with E-state index in [0.717, 1.165) is 35.5 Å². The molecule has 3 aromatic rings. The number of aromatic nitrogens is 3. The summed E-state index contributed by atoms with van der Waals surface area (Å²) in [6.45, 7) is 5.93. The molecule has 0 bridgehead atoms. The molecule has 2 heterocycles. The third-order valence-electron chi connectivity index (χ3n) is 3.34. The lowest BCUT2D eigenvalue weighted by molar-refractivity contribution is 0.725. The number of para-hydroxylation sites is 1. The van der Waals surface area contributed by atoms with E-state index in [1.807, 2.05) is 48.1 Å². The normalized spacial score (nSPS) is 11.1. The first-order chi connectivity index (χ1) is 9.79. The van der Waals surface area contributed by atoms with Crippen molar-refractivity contribution in [2.24, 2.45) is 0 Å². The van der Waals surface area contributed by atoms with Crippen LogP contribution in [0.4, 0.5) is 0 Å². The monoisotopic (exact) mass is 266 g/mol. The first-order valence-corrected chi connectivity index (χ1v) is 6.90. The van der Waals surface area contributed by atoms with Gasteiger partial charge in [0.05, 0.1) is 11.4 Å². The van der Waals surface area contributed by atoms with Crippen molar-refractivity contribution in [1.82, 2.24) is 20.1 Å². The van der Waals surface area contributed by atoms with E-state index in [1.165, 1.54) is 5.56 Å². The number of rotatable bonds is 4. The first kappa shape index (κ1) is 12.8. The second-order valence-corrected chi connectivity index (χ2v) is 4.83. The van der Waals surface area contributed by atoms with Crippen molar-refractivity contribution < 1.29 is 0 Å². The summed E-state index contributed by atoms with van der Waals surface area (Å²) in [5, 5.41) is 9.05. The van der Waals surface area contributed by atoms with Crippen molar-refractivity contribution in [3.63, 3.8) is 0 Å². The molecule has 1 aromatic carbocycles. The van der Waals surface area contributed by atoms with Gasteiger partial charge in [0.1, 0.15) is 0 Å². The van der Waals surface area contributed by atoms with Gasteiger partial charge in [-0.1, -0.05) is 25.1 Å². The van der Waals surface area contributed by atoms with Crippen LogP contribution in [0.1, 0.15) is 18.2 Å². The predicted molar refractivity (Wildman–Crippen MR) is 81.0 cm³/mol. The minimum atomic E-state index is 0.843. The Kier molecular flexibility index (Phi) is 3.48. The Balaban J connectivity index is 2.08. The second kappa shape index (κ2) is 5.43. The average Bonchev–Trinajstić information content (AvgIpc) is 2.83. The van der Waals surface area contributed by atoms with Crippen molar-refractivity contribution in [3.8, 4) is 5.69 Å². The van der Waals surface area contributed by atoms with Crippen molar-refractivity contribution in [2.75, 3.05) is 6.54 Å². The molecule has 3 rings (SSSR count). The van der Waals surface area contributed by atoms with E-state index in [-0.39, 0.29) is 0 Å². The highest BCUT2D eigenvalue weighted by molar-refractivity contribution is 5.80. The van der Waals surface area contributed by atoms with E-state index in [9.17, 15) is 0 Å². The van der Waals surface area contributed by atoms with Crippen LogP contribution in [-0.2, 0) is 6.54 Å². The van der Waals surface area contributed by atoms with Gasteiger partial charge in [-0.3, -0.25) is 0 Å². The molecule has 0 atom stereocenters. The summed E-state index contributed by atoms with van der Waals surface area (Å²) >= 11 is 0. The van der Waals surface area contributed by atoms with Crippen LogP contribution in [0.5, 0.6) is 0 Å². The van der Waals surface area contributed by atoms with Crippen molar-refractivity contribution in [3.05, 3.63) is 53.9 Å². The molecular formula is C16H18N4. The summed E-state index contributed by atoms with van der Waals surface area (Å²) in [7, 11) is 0. The molecule has 0 fully saturated rings. The van der Waals surface area contributed by atoms with Crippen LogP contribution >= 0.6 is 0 Å². The van der Waals surface area contributed by atoms with E-state index in [0.29, 0.717) is 0 Å². The van der Waals surface area contributed by atoms with Crippen molar-refractivity contribution >= 4 is 11.0 Å². The quantitative estimate of drug-likeness (QED) is 0.789. The minimum absolute atomic E-state index is 0.843. The van der Waals surface area contributed by atoms with Gasteiger partial charge in [0.15, 0.2) is 5.65 Å². The number of nitrogens with zero attached hydrogens (tertiary/aromatic N) is 3. The highest BCUT2D eigenvalue weighted by Gasteiger charge is 2.10. The fourth-order valence-electron chi connectivity index (χ4n) is 2.30. The number of aryl methyl sites for hydroxylation is 1.